The van der Waals surface area contributed by atoms with Gasteiger partial charge in [0.15, 0.2) is 0 Å². The summed E-state index contributed by atoms with van der Waals surface area (Å²) in [6.07, 6.45) is -5.91. The van der Waals surface area contributed by atoms with E-state index in [0.29, 0.717) is 0 Å². The van der Waals surface area contributed by atoms with Crippen LogP contribution < -0.4 is 0 Å². The van der Waals surface area contributed by atoms with Crippen LogP contribution in [-0.4, -0.2) is 22.9 Å². The number of aliphatic hydroxyl groups is 2. The Morgan fingerprint density at radius 2 is 1.50 bits per heavy atom. The molecule has 0 aromatic rings. The first-order valence-corrected chi connectivity index (χ1v) is 2.71. The van der Waals surface area contributed by atoms with Gasteiger partial charge in [-0.3, -0.25) is 0 Å². The predicted molar refractivity (Wildman–Crippen MR) is 30.0 cm³/mol. The molecule has 2 N–H and O–H groups in total. The Labute approximate surface area is 61.5 Å². The molecule has 0 aromatic carbocycles. The average molecular weight is 444 g/mol. The Balaban J connectivity index is -0.000000126. The molecule has 0 spiro atoms. The first-order valence-electron chi connectivity index (χ1n) is 2.71. The molecular weight excluding hydrogens is 435 g/mol. The Morgan fingerprint density at radius 3 is 1.50 bits per heavy atom. The molecule has 0 heterocycles. The summed E-state index contributed by atoms with van der Waals surface area (Å²) in [5, 5.41) is 14.8. The Morgan fingerprint density at radius 1 is 1.33 bits per heavy atom. The Hall–Kier alpha value is -1.36. The standard InChI is InChI=1S/C3H6F2O.C2H3F2O.Rf/c1-2-3(4,5)6;3-2(4)1-5;/h6H,2H2,1H3;5H,1H2;/q;-1;. The van der Waals surface area contributed by atoms with Gasteiger partial charge in [-0.25, -0.2) is 0 Å². The molecule has 0 aliphatic heterocycles. The van der Waals surface area contributed by atoms with E-state index in [1.807, 2.05) is 0 Å². The molecule has 0 radical (unpaired) electrons. The van der Waals surface area contributed by atoms with Crippen molar-refractivity contribution in [3.8, 4) is 0 Å². The summed E-state index contributed by atoms with van der Waals surface area (Å²) in [6.45, 7) is 0.0972. The topological polar surface area (TPSA) is 40.5 Å². The van der Waals surface area contributed by atoms with E-state index in [0.717, 1.165) is 0 Å². The largest absolute Gasteiger partial charge is 0.423 e. The fourth-order valence-corrected chi connectivity index (χ4v) is 0. The molecule has 72 valence electrons. The monoisotopic (exact) mass is 444 g/mol. The summed E-state index contributed by atoms with van der Waals surface area (Å²) in [5.74, 6) is 0. The maximum Gasteiger partial charge on any atom is 0.353 e. The van der Waals surface area contributed by atoms with E-state index >= 15 is 0 Å². The summed E-state index contributed by atoms with van der Waals surface area (Å²) in [6, 6.07) is 0. The minimum absolute atomic E-state index is 0. The van der Waals surface area contributed by atoms with E-state index in [1.54, 1.807) is 0 Å². The normalized spacial score (nSPS) is 10.0. The van der Waals surface area contributed by atoms with Crippen LogP contribution >= 0.6 is 0 Å². The van der Waals surface area contributed by atoms with Gasteiger partial charge in [-0.1, -0.05) is 6.92 Å². The van der Waals surface area contributed by atoms with Gasteiger partial charge in [0.2, 0.25) is 0 Å². The van der Waals surface area contributed by atoms with E-state index in [9.17, 15) is 17.6 Å². The van der Waals surface area contributed by atoms with E-state index in [-0.39, 0.29) is 0 Å². The molecule has 2 nitrogen and oxygen atoms in total. The van der Waals surface area contributed by atoms with Gasteiger partial charge in [0.25, 0.3) is 0 Å². The average Bonchev–Trinajstić information content (AvgIpc) is 1.88. The number of hydrogen-bond acceptors (Lipinski definition) is 2. The van der Waals surface area contributed by atoms with Crippen LogP contribution in [0.5, 0.6) is 0 Å². The molecule has 0 fully saturated rings. The number of hydrogen-bond donors (Lipinski definition) is 2. The first-order chi connectivity index (χ1) is 4.83. The zero-order valence-electron chi connectivity index (χ0n) is 6.53. The molecule has 7 heteroatoms. The summed E-state index contributed by atoms with van der Waals surface area (Å²) >= 11 is 0. The third-order valence-corrected chi connectivity index (χ3v) is 0.545. The maximum atomic E-state index is 11.0. The molecule has 0 aliphatic carbocycles. The number of alkyl halides is 2. The maximum absolute atomic E-state index is 11.0. The second-order valence-electron chi connectivity index (χ2n) is 1.52. The van der Waals surface area contributed by atoms with Gasteiger partial charge in [-0.15, -0.1) is 0 Å². The molecule has 0 rings (SSSR count). The van der Waals surface area contributed by atoms with Crippen LogP contribution in [0, 0.1) is 6.43 Å². The van der Waals surface area contributed by atoms with Crippen LogP contribution in [0.15, 0.2) is 0 Å². The summed E-state index contributed by atoms with van der Waals surface area (Å²) in [5.41, 5.74) is 0. The second kappa shape index (κ2) is 7.74. The zero-order valence-corrected chi connectivity index (χ0v) is 12.9. The van der Waals surface area contributed by atoms with Crippen LogP contribution in [-0.2, 0) is 0 Å². The van der Waals surface area contributed by atoms with Gasteiger partial charge in [-0.2, -0.15) is 8.78 Å². The van der Waals surface area contributed by atoms with Crippen molar-refractivity contribution in [2.45, 2.75) is 19.5 Å². The number of halogens is 4. The molecule has 0 atom stereocenters. The van der Waals surface area contributed by atoms with E-state index < -0.39 is 25.6 Å². The number of rotatable bonds is 2. The Kier molecular flexibility index (Phi) is 10.9. The Bertz CT molecular complexity index is 86.0. The fourth-order valence-electron chi connectivity index (χ4n) is 0. The SMILES string of the molecule is CCC(O)(F)F.OC[C-](F)F.[Rf]. The van der Waals surface area contributed by atoms with Crippen molar-refractivity contribution in [2.75, 3.05) is 6.61 Å². The molecule has 0 aromatic heterocycles. The van der Waals surface area contributed by atoms with Gasteiger partial charge < -0.3 is 19.0 Å². The van der Waals surface area contributed by atoms with Gasteiger partial charge in [0.1, 0.15) is 0 Å². The number of aliphatic hydroxyl groups excluding tert-OH is 1. The van der Waals surface area contributed by atoms with Gasteiger partial charge in [0, 0.05) is 12.8 Å². The van der Waals surface area contributed by atoms with Crippen LogP contribution in [0.4, 0.5) is 17.6 Å². The molecule has 0 unspecified atom stereocenters. The molecule has 12 heavy (non-hydrogen) atoms. The van der Waals surface area contributed by atoms with Crippen LogP contribution in [0.3, 0.4) is 0 Å². The van der Waals surface area contributed by atoms with Gasteiger partial charge >= 0.3 is 6.11 Å². The smallest absolute Gasteiger partial charge is 0.353 e. The van der Waals surface area contributed by atoms with Crippen molar-refractivity contribution in [3.63, 3.8) is 0 Å². The summed E-state index contributed by atoms with van der Waals surface area (Å²) in [7, 11) is 0. The van der Waals surface area contributed by atoms with Crippen molar-refractivity contribution < 1.29 is 27.8 Å². The summed E-state index contributed by atoms with van der Waals surface area (Å²) in [4.78, 5) is 0. The van der Waals surface area contributed by atoms with Gasteiger partial charge in [-0.05, 0) is 6.61 Å². The van der Waals surface area contributed by atoms with Crippen molar-refractivity contribution >= 4 is 0 Å². The minimum atomic E-state index is -3.46. The molecule has 0 saturated carbocycles. The van der Waals surface area contributed by atoms with Crippen LogP contribution in [0.1, 0.15) is 13.3 Å². The third kappa shape index (κ3) is 38.1. The minimum Gasteiger partial charge on any atom is -0.423 e. The fraction of sp³-hybridized carbons (Fsp3) is 0.800. The second-order valence-corrected chi connectivity index (χ2v) is 1.52. The third-order valence-electron chi connectivity index (χ3n) is 0.545. The molecule has 0 saturated heterocycles. The molecular formula is C5H9F4O2Rf-. The van der Waals surface area contributed by atoms with E-state index in [1.165, 1.54) is 6.92 Å². The van der Waals surface area contributed by atoms with Crippen molar-refractivity contribution in [2.24, 2.45) is 0 Å². The summed E-state index contributed by atoms with van der Waals surface area (Å²) < 4.78 is 42.9. The van der Waals surface area contributed by atoms with Crippen molar-refractivity contribution in [3.05, 3.63) is 6.43 Å². The van der Waals surface area contributed by atoms with Crippen LogP contribution in [0.2, 0.25) is 0 Å². The quantitative estimate of drug-likeness (QED) is 0.500. The van der Waals surface area contributed by atoms with Crippen molar-refractivity contribution in [1.29, 1.82) is 0 Å². The molecule has 0 amide bonds. The van der Waals surface area contributed by atoms with Crippen molar-refractivity contribution in [1.82, 2.24) is 0 Å². The van der Waals surface area contributed by atoms with E-state index in [4.69, 9.17) is 10.2 Å². The first kappa shape index (κ1) is 16.9. The van der Waals surface area contributed by atoms with Gasteiger partial charge in [0.05, 0.1) is 0 Å². The molecule has 0 aliphatic rings. The molecule has 0 bridgehead atoms. The zero-order chi connectivity index (χ0) is 9.49. The predicted octanol–water partition coefficient (Wildman–Crippen LogP) is 1.39. The van der Waals surface area contributed by atoms with Crippen LogP contribution in [0.25, 0.3) is 0 Å². The van der Waals surface area contributed by atoms with E-state index in [2.05, 4.69) is 0 Å².